The molecule has 0 aliphatic heterocycles. The summed E-state index contributed by atoms with van der Waals surface area (Å²) in [6.45, 7) is 0.0471. The summed E-state index contributed by atoms with van der Waals surface area (Å²) in [6, 6.07) is 10.6. The Balaban J connectivity index is 1.65. The van der Waals surface area contributed by atoms with E-state index in [1.165, 1.54) is 24.3 Å². The lowest BCUT2D eigenvalue weighted by Gasteiger charge is -2.12. The van der Waals surface area contributed by atoms with E-state index in [1.54, 1.807) is 24.5 Å². The van der Waals surface area contributed by atoms with Gasteiger partial charge in [0.05, 0.1) is 23.5 Å². The summed E-state index contributed by atoms with van der Waals surface area (Å²) in [5.74, 6) is -0.662. The first-order chi connectivity index (χ1) is 10.6. The van der Waals surface area contributed by atoms with Gasteiger partial charge in [0.15, 0.2) is 0 Å². The second kappa shape index (κ2) is 5.95. The molecule has 1 unspecified atom stereocenters. The predicted molar refractivity (Wildman–Crippen MR) is 79.8 cm³/mol. The maximum atomic E-state index is 12.8. The van der Waals surface area contributed by atoms with Crippen LogP contribution in [-0.2, 0) is 0 Å². The van der Waals surface area contributed by atoms with Gasteiger partial charge in [0.1, 0.15) is 5.82 Å². The number of rotatable bonds is 4. The van der Waals surface area contributed by atoms with E-state index in [4.69, 9.17) is 0 Å². The van der Waals surface area contributed by atoms with Gasteiger partial charge in [0.2, 0.25) is 0 Å². The molecule has 1 aromatic heterocycles. The van der Waals surface area contributed by atoms with Crippen molar-refractivity contribution >= 4 is 16.9 Å². The zero-order chi connectivity index (χ0) is 15.5. The van der Waals surface area contributed by atoms with Gasteiger partial charge in [-0.1, -0.05) is 12.1 Å². The number of carbonyl (C=O) groups excluding carboxylic acids is 1. The van der Waals surface area contributed by atoms with E-state index < -0.39 is 6.10 Å². The van der Waals surface area contributed by atoms with Crippen molar-refractivity contribution in [3.63, 3.8) is 0 Å². The first-order valence-corrected chi connectivity index (χ1v) is 6.78. The molecule has 0 bridgehead atoms. The average molecular weight is 299 g/mol. The molecular formula is C16H14FN3O2. The zero-order valence-corrected chi connectivity index (χ0v) is 11.6. The van der Waals surface area contributed by atoms with Crippen molar-refractivity contribution in [1.82, 2.24) is 15.3 Å². The van der Waals surface area contributed by atoms with Crippen LogP contribution >= 0.6 is 0 Å². The van der Waals surface area contributed by atoms with Crippen molar-refractivity contribution in [1.29, 1.82) is 0 Å². The van der Waals surface area contributed by atoms with Gasteiger partial charge in [0, 0.05) is 12.1 Å². The molecule has 22 heavy (non-hydrogen) atoms. The SMILES string of the molecule is O=C(NCC(O)c1ccc(F)cc1)c1ccc2nc[nH]c2c1. The molecule has 0 radical (unpaired) electrons. The van der Waals surface area contributed by atoms with Gasteiger partial charge >= 0.3 is 0 Å². The molecule has 0 aliphatic carbocycles. The molecule has 1 heterocycles. The number of H-pyrrole nitrogens is 1. The Morgan fingerprint density at radius 2 is 2.05 bits per heavy atom. The fourth-order valence-electron chi connectivity index (χ4n) is 2.17. The summed E-state index contributed by atoms with van der Waals surface area (Å²) in [4.78, 5) is 19.1. The van der Waals surface area contributed by atoms with Crippen molar-refractivity contribution in [3.8, 4) is 0 Å². The van der Waals surface area contributed by atoms with Gasteiger partial charge in [-0.2, -0.15) is 0 Å². The minimum absolute atomic E-state index is 0.0471. The second-order valence-corrected chi connectivity index (χ2v) is 4.91. The van der Waals surface area contributed by atoms with Crippen molar-refractivity contribution < 1.29 is 14.3 Å². The molecule has 2 aromatic carbocycles. The topological polar surface area (TPSA) is 78.0 Å². The van der Waals surface area contributed by atoms with Crippen LogP contribution in [-0.4, -0.2) is 27.5 Å². The van der Waals surface area contributed by atoms with Crippen molar-refractivity contribution in [2.24, 2.45) is 0 Å². The Morgan fingerprint density at radius 1 is 1.27 bits per heavy atom. The predicted octanol–water partition coefficient (Wildman–Crippen LogP) is 2.17. The highest BCUT2D eigenvalue weighted by Crippen LogP contribution is 2.14. The number of aromatic amines is 1. The molecular weight excluding hydrogens is 285 g/mol. The van der Waals surface area contributed by atoms with Gasteiger partial charge in [-0.3, -0.25) is 4.79 Å². The van der Waals surface area contributed by atoms with Gasteiger partial charge in [-0.15, -0.1) is 0 Å². The van der Waals surface area contributed by atoms with Crippen LogP contribution in [0.2, 0.25) is 0 Å². The maximum absolute atomic E-state index is 12.8. The van der Waals surface area contributed by atoms with E-state index in [9.17, 15) is 14.3 Å². The fraction of sp³-hybridized carbons (Fsp3) is 0.125. The summed E-state index contributed by atoms with van der Waals surface area (Å²) in [5.41, 5.74) is 2.57. The normalized spacial score (nSPS) is 12.3. The number of amides is 1. The van der Waals surface area contributed by atoms with Crippen LogP contribution in [0.25, 0.3) is 11.0 Å². The molecule has 6 heteroatoms. The van der Waals surface area contributed by atoms with E-state index in [2.05, 4.69) is 15.3 Å². The third-order valence-corrected chi connectivity index (χ3v) is 3.39. The Kier molecular flexibility index (Phi) is 3.84. The van der Waals surface area contributed by atoms with Crippen LogP contribution in [0.1, 0.15) is 22.0 Å². The lowest BCUT2D eigenvalue weighted by Crippen LogP contribution is -2.28. The number of imidazole rings is 1. The number of halogens is 1. The number of fused-ring (bicyclic) bond motifs is 1. The van der Waals surface area contributed by atoms with E-state index in [0.717, 1.165) is 11.0 Å². The lowest BCUT2D eigenvalue weighted by molar-refractivity contribution is 0.0916. The van der Waals surface area contributed by atoms with Crippen molar-refractivity contribution in [2.45, 2.75) is 6.10 Å². The van der Waals surface area contributed by atoms with Crippen molar-refractivity contribution in [2.75, 3.05) is 6.54 Å². The Hall–Kier alpha value is -2.73. The average Bonchev–Trinajstić information content (AvgIpc) is 3.00. The molecule has 3 aromatic rings. The molecule has 1 amide bonds. The van der Waals surface area contributed by atoms with Gasteiger partial charge in [-0.25, -0.2) is 9.37 Å². The number of nitrogens with one attached hydrogen (secondary N) is 2. The number of hydrogen-bond donors (Lipinski definition) is 3. The Bertz CT molecular complexity index is 799. The van der Waals surface area contributed by atoms with Crippen molar-refractivity contribution in [3.05, 3.63) is 65.7 Å². The van der Waals surface area contributed by atoms with E-state index in [0.29, 0.717) is 11.1 Å². The van der Waals surface area contributed by atoms with Crippen LogP contribution in [0, 0.1) is 5.82 Å². The third-order valence-electron chi connectivity index (χ3n) is 3.39. The largest absolute Gasteiger partial charge is 0.387 e. The quantitative estimate of drug-likeness (QED) is 0.691. The monoisotopic (exact) mass is 299 g/mol. The van der Waals surface area contributed by atoms with Crippen LogP contribution in [0.3, 0.4) is 0 Å². The first kappa shape index (κ1) is 14.2. The summed E-state index contributed by atoms with van der Waals surface area (Å²) in [6.07, 6.45) is 0.672. The minimum atomic E-state index is -0.888. The number of carbonyl (C=O) groups is 1. The fourth-order valence-corrected chi connectivity index (χ4v) is 2.17. The summed E-state index contributed by atoms with van der Waals surface area (Å²) in [7, 11) is 0. The Morgan fingerprint density at radius 3 is 2.82 bits per heavy atom. The molecule has 3 rings (SSSR count). The third kappa shape index (κ3) is 2.96. The van der Waals surface area contributed by atoms with E-state index >= 15 is 0 Å². The molecule has 3 N–H and O–H groups in total. The van der Waals surface area contributed by atoms with Crippen LogP contribution < -0.4 is 5.32 Å². The molecule has 0 spiro atoms. The highest BCUT2D eigenvalue weighted by atomic mass is 19.1. The van der Waals surface area contributed by atoms with E-state index in [1.807, 2.05) is 0 Å². The van der Waals surface area contributed by atoms with Crippen LogP contribution in [0.4, 0.5) is 4.39 Å². The maximum Gasteiger partial charge on any atom is 0.251 e. The summed E-state index contributed by atoms with van der Waals surface area (Å²) < 4.78 is 12.8. The highest BCUT2D eigenvalue weighted by Gasteiger charge is 2.11. The van der Waals surface area contributed by atoms with Gasteiger partial charge in [-0.05, 0) is 35.9 Å². The van der Waals surface area contributed by atoms with Gasteiger partial charge in [0.25, 0.3) is 5.91 Å². The smallest absolute Gasteiger partial charge is 0.251 e. The second-order valence-electron chi connectivity index (χ2n) is 4.91. The molecule has 0 saturated heterocycles. The molecule has 0 aliphatic rings. The minimum Gasteiger partial charge on any atom is -0.387 e. The number of aliphatic hydroxyl groups is 1. The first-order valence-electron chi connectivity index (χ1n) is 6.78. The zero-order valence-electron chi connectivity index (χ0n) is 11.6. The molecule has 1 atom stereocenters. The lowest BCUT2D eigenvalue weighted by atomic mass is 10.1. The van der Waals surface area contributed by atoms with E-state index in [-0.39, 0.29) is 18.3 Å². The molecule has 5 nitrogen and oxygen atoms in total. The van der Waals surface area contributed by atoms with Gasteiger partial charge < -0.3 is 15.4 Å². The number of nitrogens with zero attached hydrogens (tertiary/aromatic N) is 1. The number of benzene rings is 2. The summed E-state index contributed by atoms with van der Waals surface area (Å²) >= 11 is 0. The molecule has 0 saturated carbocycles. The number of hydrogen-bond acceptors (Lipinski definition) is 3. The Labute approximate surface area is 125 Å². The number of aromatic nitrogens is 2. The van der Waals surface area contributed by atoms with Crippen LogP contribution in [0.15, 0.2) is 48.8 Å². The highest BCUT2D eigenvalue weighted by molar-refractivity contribution is 5.97. The summed E-state index contributed by atoms with van der Waals surface area (Å²) in [5, 5.41) is 12.6. The number of aliphatic hydroxyl groups excluding tert-OH is 1. The molecule has 0 fully saturated rings. The molecule has 112 valence electrons. The van der Waals surface area contributed by atoms with Crippen LogP contribution in [0.5, 0.6) is 0 Å². The standard InChI is InChI=1S/C16H14FN3O2/c17-12-4-1-10(2-5-12)15(21)8-18-16(22)11-3-6-13-14(7-11)20-9-19-13/h1-7,9,15,21H,8H2,(H,18,22)(H,19,20).